The van der Waals surface area contributed by atoms with E-state index in [2.05, 4.69) is 0 Å². The lowest BCUT2D eigenvalue weighted by Gasteiger charge is -2.20. The van der Waals surface area contributed by atoms with Crippen LogP contribution in [-0.2, 0) is 10.0 Å². The van der Waals surface area contributed by atoms with E-state index >= 15 is 0 Å². The molecule has 2 N–H and O–H groups in total. The molecule has 1 amide bonds. The second-order valence-corrected chi connectivity index (χ2v) is 7.45. The highest BCUT2D eigenvalue weighted by Crippen LogP contribution is 2.31. The molecule has 0 bridgehead atoms. The van der Waals surface area contributed by atoms with Gasteiger partial charge in [0.1, 0.15) is 16.3 Å². The first kappa shape index (κ1) is 15.8. The van der Waals surface area contributed by atoms with E-state index in [1.54, 1.807) is 0 Å². The first-order valence-electron chi connectivity index (χ1n) is 6.33. The number of primary sulfonamides is 1. The number of nitrogens with two attached hydrogens (primary N) is 1. The number of halogens is 2. The number of likely N-dealkylation sites (tertiary alicyclic amines) is 1. The third kappa shape index (κ3) is 3.06. The van der Waals surface area contributed by atoms with Crippen LogP contribution in [0.15, 0.2) is 17.0 Å². The Labute approximate surface area is 121 Å². The van der Waals surface area contributed by atoms with E-state index in [-0.39, 0.29) is 5.41 Å². The molecule has 21 heavy (non-hydrogen) atoms. The molecule has 2 rings (SSSR count). The average molecular weight is 318 g/mol. The first-order valence-corrected chi connectivity index (χ1v) is 7.88. The van der Waals surface area contributed by atoms with Crippen LogP contribution in [0.3, 0.4) is 0 Å². The SMILES string of the molecule is CC1(C)CCN(C(=O)c2c(F)ccc(S(N)(=O)=O)c2F)C1. The van der Waals surface area contributed by atoms with Gasteiger partial charge in [0.25, 0.3) is 5.91 Å². The molecule has 1 saturated heterocycles. The second-order valence-electron chi connectivity index (χ2n) is 5.92. The van der Waals surface area contributed by atoms with Gasteiger partial charge < -0.3 is 4.90 Å². The van der Waals surface area contributed by atoms with Gasteiger partial charge in [-0.1, -0.05) is 13.8 Å². The highest BCUT2D eigenvalue weighted by Gasteiger charge is 2.35. The van der Waals surface area contributed by atoms with Gasteiger partial charge in [-0.05, 0) is 24.0 Å². The Bertz CT molecular complexity index is 702. The zero-order chi connectivity index (χ0) is 16.0. The van der Waals surface area contributed by atoms with Crippen molar-refractivity contribution in [3.8, 4) is 0 Å². The Morgan fingerprint density at radius 3 is 2.43 bits per heavy atom. The Balaban J connectivity index is 2.47. The van der Waals surface area contributed by atoms with Crippen LogP contribution in [0, 0.1) is 17.0 Å². The Morgan fingerprint density at radius 1 is 1.33 bits per heavy atom. The molecular formula is C13H16F2N2O3S. The molecule has 1 aliphatic rings. The lowest BCUT2D eigenvalue weighted by Crippen LogP contribution is -2.32. The molecule has 0 aliphatic carbocycles. The van der Waals surface area contributed by atoms with Crippen LogP contribution in [0.1, 0.15) is 30.6 Å². The maximum absolute atomic E-state index is 14.2. The van der Waals surface area contributed by atoms with Crippen molar-refractivity contribution < 1.29 is 22.0 Å². The quantitative estimate of drug-likeness (QED) is 0.897. The van der Waals surface area contributed by atoms with Crippen molar-refractivity contribution in [2.24, 2.45) is 10.6 Å². The van der Waals surface area contributed by atoms with Gasteiger partial charge in [0, 0.05) is 13.1 Å². The number of carbonyl (C=O) groups is 1. The molecule has 0 spiro atoms. The van der Waals surface area contributed by atoms with Crippen LogP contribution in [0.2, 0.25) is 0 Å². The van der Waals surface area contributed by atoms with E-state index in [1.165, 1.54) is 4.90 Å². The maximum atomic E-state index is 14.2. The molecule has 1 fully saturated rings. The summed E-state index contributed by atoms with van der Waals surface area (Å²) in [5.41, 5.74) is -1.01. The number of hydrogen-bond acceptors (Lipinski definition) is 3. The molecule has 0 unspecified atom stereocenters. The fourth-order valence-corrected chi connectivity index (χ4v) is 3.00. The van der Waals surface area contributed by atoms with Gasteiger partial charge >= 0.3 is 0 Å². The molecule has 0 atom stereocenters. The normalized spacial score (nSPS) is 18.0. The zero-order valence-corrected chi connectivity index (χ0v) is 12.5. The summed E-state index contributed by atoms with van der Waals surface area (Å²) in [6.07, 6.45) is 0.705. The standard InChI is InChI=1S/C13H16F2N2O3S/c1-13(2)5-6-17(7-13)12(18)10-8(14)3-4-9(11(10)15)21(16,19)20/h3-4H,5-7H2,1-2H3,(H2,16,19,20). The summed E-state index contributed by atoms with van der Waals surface area (Å²) in [6, 6.07) is 1.45. The van der Waals surface area contributed by atoms with Crippen molar-refractivity contribution in [3.63, 3.8) is 0 Å². The number of sulfonamides is 1. The van der Waals surface area contributed by atoms with Crippen LogP contribution in [0.5, 0.6) is 0 Å². The Hall–Kier alpha value is -1.54. The molecular weight excluding hydrogens is 302 g/mol. The van der Waals surface area contributed by atoms with E-state index in [1.807, 2.05) is 13.8 Å². The summed E-state index contributed by atoms with van der Waals surface area (Å²) >= 11 is 0. The number of benzene rings is 1. The van der Waals surface area contributed by atoms with Crippen LogP contribution in [0.25, 0.3) is 0 Å². The summed E-state index contributed by atoms with van der Waals surface area (Å²) in [5.74, 6) is -3.40. The summed E-state index contributed by atoms with van der Waals surface area (Å²) < 4.78 is 50.5. The maximum Gasteiger partial charge on any atom is 0.259 e. The summed E-state index contributed by atoms with van der Waals surface area (Å²) in [7, 11) is -4.37. The van der Waals surface area contributed by atoms with E-state index in [0.29, 0.717) is 25.6 Å². The highest BCUT2D eigenvalue weighted by molar-refractivity contribution is 7.89. The first-order chi connectivity index (χ1) is 9.53. The monoisotopic (exact) mass is 318 g/mol. The van der Waals surface area contributed by atoms with E-state index in [4.69, 9.17) is 5.14 Å². The van der Waals surface area contributed by atoms with Gasteiger partial charge in [0.2, 0.25) is 10.0 Å². The fourth-order valence-electron chi connectivity index (χ4n) is 2.39. The smallest absolute Gasteiger partial charge is 0.259 e. The molecule has 0 saturated carbocycles. The number of carbonyl (C=O) groups excluding carboxylic acids is 1. The summed E-state index contributed by atoms with van der Waals surface area (Å²) in [5, 5.41) is 4.86. The van der Waals surface area contributed by atoms with E-state index in [9.17, 15) is 22.0 Å². The average Bonchev–Trinajstić information content (AvgIpc) is 2.67. The molecule has 1 aliphatic heterocycles. The summed E-state index contributed by atoms with van der Waals surface area (Å²) in [4.78, 5) is 12.7. The highest BCUT2D eigenvalue weighted by atomic mass is 32.2. The molecule has 5 nitrogen and oxygen atoms in total. The van der Waals surface area contributed by atoms with Crippen LogP contribution in [-0.4, -0.2) is 32.3 Å². The third-order valence-corrected chi connectivity index (χ3v) is 4.47. The van der Waals surface area contributed by atoms with Crippen molar-refractivity contribution >= 4 is 15.9 Å². The lowest BCUT2D eigenvalue weighted by atomic mass is 9.93. The second kappa shape index (κ2) is 5.03. The van der Waals surface area contributed by atoms with Crippen LogP contribution >= 0.6 is 0 Å². The molecule has 0 radical (unpaired) electrons. The third-order valence-electron chi connectivity index (χ3n) is 3.54. The van der Waals surface area contributed by atoms with E-state index in [0.717, 1.165) is 6.07 Å². The van der Waals surface area contributed by atoms with Gasteiger partial charge in [-0.3, -0.25) is 4.79 Å². The van der Waals surface area contributed by atoms with Crippen molar-refractivity contribution in [1.29, 1.82) is 0 Å². The van der Waals surface area contributed by atoms with Crippen LogP contribution < -0.4 is 5.14 Å². The van der Waals surface area contributed by atoms with Crippen molar-refractivity contribution in [2.45, 2.75) is 25.2 Å². The topological polar surface area (TPSA) is 80.5 Å². The van der Waals surface area contributed by atoms with Gasteiger partial charge in [-0.2, -0.15) is 0 Å². The predicted octanol–water partition coefficient (Wildman–Crippen LogP) is 1.48. The van der Waals surface area contributed by atoms with E-state index < -0.39 is 38.0 Å². The Morgan fingerprint density at radius 2 is 1.95 bits per heavy atom. The van der Waals surface area contributed by atoms with Gasteiger partial charge in [0.05, 0.1) is 0 Å². The molecule has 116 valence electrons. The molecule has 8 heteroatoms. The number of hydrogen-bond donors (Lipinski definition) is 1. The van der Waals surface area contributed by atoms with Crippen molar-refractivity contribution in [2.75, 3.05) is 13.1 Å². The van der Waals surface area contributed by atoms with Crippen LogP contribution in [0.4, 0.5) is 8.78 Å². The van der Waals surface area contributed by atoms with Gasteiger partial charge in [-0.15, -0.1) is 0 Å². The minimum atomic E-state index is -4.37. The molecule has 1 heterocycles. The van der Waals surface area contributed by atoms with Crippen molar-refractivity contribution in [3.05, 3.63) is 29.3 Å². The summed E-state index contributed by atoms with van der Waals surface area (Å²) in [6.45, 7) is 4.59. The lowest BCUT2D eigenvalue weighted by molar-refractivity contribution is 0.0768. The molecule has 0 aromatic heterocycles. The Kier molecular flexibility index (Phi) is 3.79. The minimum Gasteiger partial charge on any atom is -0.338 e. The molecule has 1 aromatic carbocycles. The minimum absolute atomic E-state index is 0.139. The van der Waals surface area contributed by atoms with Gasteiger partial charge in [0.15, 0.2) is 5.82 Å². The van der Waals surface area contributed by atoms with Crippen molar-refractivity contribution in [1.82, 2.24) is 4.90 Å². The number of rotatable bonds is 2. The fraction of sp³-hybridized carbons (Fsp3) is 0.462. The number of amides is 1. The molecule has 1 aromatic rings. The predicted molar refractivity (Wildman–Crippen MR) is 72.0 cm³/mol. The number of nitrogens with zero attached hydrogens (tertiary/aromatic N) is 1. The zero-order valence-electron chi connectivity index (χ0n) is 11.7. The largest absolute Gasteiger partial charge is 0.338 e. The van der Waals surface area contributed by atoms with Gasteiger partial charge in [-0.25, -0.2) is 22.3 Å².